The van der Waals surface area contributed by atoms with Crippen LogP contribution in [-0.4, -0.2) is 10.2 Å². The van der Waals surface area contributed by atoms with E-state index in [0.717, 1.165) is 11.3 Å². The Kier molecular flexibility index (Phi) is 1.53. The fourth-order valence-electron chi connectivity index (χ4n) is 0.621. The van der Waals surface area contributed by atoms with Gasteiger partial charge in [0.2, 0.25) is 0 Å². The molecular formula is C6H9N3. The van der Waals surface area contributed by atoms with E-state index in [1.807, 2.05) is 6.92 Å². The van der Waals surface area contributed by atoms with E-state index in [2.05, 4.69) is 10.2 Å². The molecule has 0 bridgehead atoms. The average Bonchev–Trinajstić information content (AvgIpc) is 2.18. The highest BCUT2D eigenvalue weighted by Gasteiger charge is 1.91. The lowest BCUT2D eigenvalue weighted by Gasteiger charge is -1.83. The molecule has 0 radical (unpaired) electrons. The van der Waals surface area contributed by atoms with Crippen molar-refractivity contribution in [2.75, 3.05) is 0 Å². The van der Waals surface area contributed by atoms with E-state index in [-0.39, 0.29) is 0 Å². The van der Waals surface area contributed by atoms with Crippen LogP contribution in [0.25, 0.3) is 6.08 Å². The van der Waals surface area contributed by atoms with E-state index in [1.54, 1.807) is 12.3 Å². The third-order valence-electron chi connectivity index (χ3n) is 1.13. The lowest BCUT2D eigenvalue weighted by molar-refractivity contribution is 1.08. The van der Waals surface area contributed by atoms with Crippen LogP contribution in [0.1, 0.15) is 11.3 Å². The van der Waals surface area contributed by atoms with Gasteiger partial charge in [-0.3, -0.25) is 5.10 Å². The molecule has 48 valence electrons. The summed E-state index contributed by atoms with van der Waals surface area (Å²) in [7, 11) is 0. The number of hydrogen-bond acceptors (Lipinski definition) is 2. The van der Waals surface area contributed by atoms with Crippen LogP contribution >= 0.6 is 0 Å². The number of aromatic nitrogens is 2. The van der Waals surface area contributed by atoms with Crippen molar-refractivity contribution in [2.45, 2.75) is 6.92 Å². The van der Waals surface area contributed by atoms with Crippen LogP contribution in [0.2, 0.25) is 0 Å². The van der Waals surface area contributed by atoms with E-state index in [9.17, 15) is 0 Å². The van der Waals surface area contributed by atoms with Crippen molar-refractivity contribution in [3.63, 3.8) is 0 Å². The van der Waals surface area contributed by atoms with Crippen LogP contribution < -0.4 is 5.73 Å². The number of rotatable bonds is 1. The van der Waals surface area contributed by atoms with Crippen LogP contribution in [0.15, 0.2) is 12.4 Å². The van der Waals surface area contributed by atoms with Gasteiger partial charge in [-0.05, 0) is 24.8 Å². The van der Waals surface area contributed by atoms with Gasteiger partial charge in [0, 0.05) is 0 Å². The second-order valence-electron chi connectivity index (χ2n) is 1.83. The molecule has 0 fully saturated rings. The third kappa shape index (κ3) is 1.10. The largest absolute Gasteiger partial charge is 0.405 e. The second kappa shape index (κ2) is 2.35. The topological polar surface area (TPSA) is 54.7 Å². The summed E-state index contributed by atoms with van der Waals surface area (Å²) in [5.74, 6) is 0. The van der Waals surface area contributed by atoms with Crippen molar-refractivity contribution >= 4 is 6.08 Å². The molecule has 0 aromatic carbocycles. The highest BCUT2D eigenvalue weighted by atomic mass is 15.1. The number of aryl methyl sites for hydroxylation is 1. The summed E-state index contributed by atoms with van der Waals surface area (Å²) >= 11 is 0. The third-order valence-corrected chi connectivity index (χ3v) is 1.13. The van der Waals surface area contributed by atoms with Gasteiger partial charge in [0.05, 0.1) is 11.9 Å². The molecule has 1 aromatic heterocycles. The molecule has 1 aromatic rings. The molecule has 0 saturated heterocycles. The van der Waals surface area contributed by atoms with Crippen LogP contribution in [0, 0.1) is 6.92 Å². The fraction of sp³-hybridized carbons (Fsp3) is 0.167. The minimum absolute atomic E-state index is 0.970. The zero-order chi connectivity index (χ0) is 6.69. The molecule has 0 amide bonds. The lowest BCUT2D eigenvalue weighted by Crippen LogP contribution is -1.79. The monoisotopic (exact) mass is 123 g/mol. The zero-order valence-corrected chi connectivity index (χ0v) is 5.26. The van der Waals surface area contributed by atoms with Crippen molar-refractivity contribution in [2.24, 2.45) is 5.73 Å². The fourth-order valence-corrected chi connectivity index (χ4v) is 0.621. The van der Waals surface area contributed by atoms with E-state index in [4.69, 9.17) is 5.73 Å². The first kappa shape index (κ1) is 5.88. The minimum atomic E-state index is 0.970. The number of hydrogen-bond donors (Lipinski definition) is 2. The minimum Gasteiger partial charge on any atom is -0.405 e. The molecule has 3 nitrogen and oxygen atoms in total. The van der Waals surface area contributed by atoms with Crippen molar-refractivity contribution < 1.29 is 0 Å². The molecule has 0 spiro atoms. The molecule has 0 atom stereocenters. The Balaban J connectivity index is 2.94. The Morgan fingerprint density at radius 3 is 3.00 bits per heavy atom. The molecule has 1 rings (SSSR count). The first-order chi connectivity index (χ1) is 4.34. The van der Waals surface area contributed by atoms with E-state index < -0.39 is 0 Å². The Morgan fingerprint density at radius 2 is 2.56 bits per heavy atom. The maximum atomic E-state index is 5.16. The molecule has 3 heteroatoms. The van der Waals surface area contributed by atoms with Crippen LogP contribution in [0.5, 0.6) is 0 Å². The Morgan fingerprint density at radius 1 is 1.78 bits per heavy atom. The van der Waals surface area contributed by atoms with Crippen molar-refractivity contribution in [3.8, 4) is 0 Å². The first-order valence-electron chi connectivity index (χ1n) is 2.73. The van der Waals surface area contributed by atoms with Crippen LogP contribution in [0.3, 0.4) is 0 Å². The lowest BCUT2D eigenvalue weighted by atomic mass is 10.3. The summed E-state index contributed by atoms with van der Waals surface area (Å²) in [4.78, 5) is 0. The highest BCUT2D eigenvalue weighted by Crippen LogP contribution is 2.02. The van der Waals surface area contributed by atoms with Gasteiger partial charge >= 0.3 is 0 Å². The zero-order valence-electron chi connectivity index (χ0n) is 5.26. The number of H-pyrrole nitrogens is 1. The average molecular weight is 123 g/mol. The van der Waals surface area contributed by atoms with Crippen molar-refractivity contribution in [1.82, 2.24) is 10.2 Å². The van der Waals surface area contributed by atoms with Crippen molar-refractivity contribution in [1.29, 1.82) is 0 Å². The van der Waals surface area contributed by atoms with E-state index in [1.165, 1.54) is 6.20 Å². The molecule has 0 aliphatic rings. The Hall–Kier alpha value is -1.25. The molecule has 0 aliphatic carbocycles. The van der Waals surface area contributed by atoms with Gasteiger partial charge < -0.3 is 5.73 Å². The molecule has 0 aliphatic heterocycles. The summed E-state index contributed by atoms with van der Waals surface area (Å²) in [5, 5.41) is 6.60. The Labute approximate surface area is 53.6 Å². The van der Waals surface area contributed by atoms with E-state index >= 15 is 0 Å². The van der Waals surface area contributed by atoms with Crippen molar-refractivity contribution in [3.05, 3.63) is 23.7 Å². The quantitative estimate of drug-likeness (QED) is 0.576. The predicted octanol–water partition coefficient (Wildman–Crippen LogP) is 0.648. The van der Waals surface area contributed by atoms with Gasteiger partial charge in [-0.1, -0.05) is 0 Å². The maximum Gasteiger partial charge on any atom is 0.0621 e. The highest BCUT2D eigenvalue weighted by molar-refractivity contribution is 5.46. The molecular weight excluding hydrogens is 114 g/mol. The first-order valence-corrected chi connectivity index (χ1v) is 2.73. The maximum absolute atomic E-state index is 5.16. The molecule has 3 N–H and O–H groups in total. The van der Waals surface area contributed by atoms with E-state index in [0.29, 0.717) is 0 Å². The van der Waals surface area contributed by atoms with Crippen LogP contribution in [-0.2, 0) is 0 Å². The summed E-state index contributed by atoms with van der Waals surface area (Å²) in [6.07, 6.45) is 5.03. The van der Waals surface area contributed by atoms with Gasteiger partial charge in [-0.2, -0.15) is 5.10 Å². The molecule has 0 saturated carbocycles. The predicted molar refractivity (Wildman–Crippen MR) is 36.5 cm³/mol. The molecule has 0 unspecified atom stereocenters. The van der Waals surface area contributed by atoms with Gasteiger partial charge in [-0.25, -0.2) is 0 Å². The summed E-state index contributed by atoms with van der Waals surface area (Å²) in [5.41, 5.74) is 7.24. The van der Waals surface area contributed by atoms with Gasteiger partial charge in [0.1, 0.15) is 0 Å². The summed E-state index contributed by atoms with van der Waals surface area (Å²) in [6.45, 7) is 1.97. The second-order valence-corrected chi connectivity index (χ2v) is 1.83. The molecule has 9 heavy (non-hydrogen) atoms. The van der Waals surface area contributed by atoms with Crippen LogP contribution in [0.4, 0.5) is 0 Å². The number of aromatic amines is 1. The standard InChI is InChI=1S/C6H9N3/c1-5-4-8-9-6(5)2-3-7/h2-4H,7H2,1H3,(H,8,9)/b3-2-. The Bertz CT molecular complexity index is 212. The van der Waals surface area contributed by atoms with Gasteiger partial charge in [-0.15, -0.1) is 0 Å². The molecule has 1 heterocycles. The number of nitrogens with two attached hydrogens (primary N) is 1. The van der Waals surface area contributed by atoms with Gasteiger partial charge in [0.25, 0.3) is 0 Å². The summed E-state index contributed by atoms with van der Waals surface area (Å²) < 4.78 is 0. The normalized spacial score (nSPS) is 10.8. The number of nitrogens with one attached hydrogen (secondary N) is 1. The summed E-state index contributed by atoms with van der Waals surface area (Å²) in [6, 6.07) is 0. The number of nitrogens with zero attached hydrogens (tertiary/aromatic N) is 1. The SMILES string of the molecule is Cc1cn[nH]c1/C=C\N. The van der Waals surface area contributed by atoms with Gasteiger partial charge in [0.15, 0.2) is 0 Å². The smallest absolute Gasteiger partial charge is 0.0621 e.